The molecule has 0 saturated carbocycles. The van der Waals surface area contributed by atoms with E-state index in [-0.39, 0.29) is 0 Å². The number of rotatable bonds is 2. The van der Waals surface area contributed by atoms with E-state index in [0.717, 1.165) is 0 Å². The standard InChI is InChI=1S/C9H13N.CH3NOS/c1-8(2)10-9-6-4-3-5-7-9;2-1(3)4/h3-8,10H,1-2H3;(H3,2,3,4). The molecule has 0 atom stereocenters. The molecule has 0 unspecified atom stereocenters. The Morgan fingerprint density at radius 2 is 1.79 bits per heavy atom. The molecule has 0 saturated heterocycles. The van der Waals surface area contributed by atoms with Gasteiger partial charge in [0.2, 0.25) is 0 Å². The molecule has 1 aromatic rings. The average Bonchev–Trinajstić information content (AvgIpc) is 2.03. The lowest BCUT2D eigenvalue weighted by Gasteiger charge is -2.08. The maximum atomic E-state index is 9.09. The van der Waals surface area contributed by atoms with Crippen LogP contribution in [0.3, 0.4) is 0 Å². The van der Waals surface area contributed by atoms with E-state index in [1.165, 1.54) is 5.69 Å². The highest BCUT2D eigenvalue weighted by Gasteiger charge is 1.90. The number of hydrogen-bond acceptors (Lipinski definition) is 2. The second kappa shape index (κ2) is 7.26. The van der Waals surface area contributed by atoms with Crippen molar-refractivity contribution in [2.24, 2.45) is 5.73 Å². The molecule has 0 radical (unpaired) electrons. The maximum Gasteiger partial charge on any atom is 0.273 e. The Kier molecular flexibility index (Phi) is 6.66. The Morgan fingerprint density at radius 1 is 1.36 bits per heavy atom. The highest BCUT2D eigenvalue weighted by Crippen LogP contribution is 2.05. The number of nitrogens with two attached hydrogens (primary N) is 1. The van der Waals surface area contributed by atoms with Gasteiger partial charge < -0.3 is 11.1 Å². The molecule has 0 aliphatic heterocycles. The predicted octanol–water partition coefficient (Wildman–Crippen LogP) is 2.50. The second-order valence-corrected chi connectivity index (χ2v) is 3.44. The summed E-state index contributed by atoms with van der Waals surface area (Å²) in [6, 6.07) is 10.7. The topological polar surface area (TPSA) is 55.1 Å². The number of amides is 1. The molecule has 0 aliphatic carbocycles. The van der Waals surface area contributed by atoms with Crippen molar-refractivity contribution in [1.29, 1.82) is 0 Å². The van der Waals surface area contributed by atoms with E-state index in [4.69, 9.17) is 4.79 Å². The summed E-state index contributed by atoms with van der Waals surface area (Å²) in [5.74, 6) is 0. The fraction of sp³-hybridized carbons (Fsp3) is 0.300. The number of primary amides is 1. The molecule has 0 fully saturated rings. The zero-order valence-corrected chi connectivity index (χ0v) is 9.29. The van der Waals surface area contributed by atoms with Crippen LogP contribution in [0, 0.1) is 0 Å². The number of thiol groups is 1. The van der Waals surface area contributed by atoms with Gasteiger partial charge in [-0.05, 0) is 26.0 Å². The van der Waals surface area contributed by atoms with Gasteiger partial charge in [0.1, 0.15) is 0 Å². The Bertz CT molecular complexity index is 258. The van der Waals surface area contributed by atoms with Crippen LogP contribution in [0.1, 0.15) is 13.8 Å². The molecule has 3 nitrogen and oxygen atoms in total. The quantitative estimate of drug-likeness (QED) is 0.660. The molecule has 1 rings (SSSR count). The summed E-state index contributed by atoms with van der Waals surface area (Å²) in [7, 11) is 0. The van der Waals surface area contributed by atoms with Crippen molar-refractivity contribution in [2.45, 2.75) is 19.9 Å². The van der Waals surface area contributed by atoms with Crippen molar-refractivity contribution in [2.75, 3.05) is 5.32 Å². The van der Waals surface area contributed by atoms with Gasteiger partial charge in [-0.15, -0.1) is 0 Å². The lowest BCUT2D eigenvalue weighted by atomic mass is 10.3. The fourth-order valence-corrected chi connectivity index (χ4v) is 0.868. The molecule has 1 amide bonds. The number of anilines is 1. The number of carbonyl (C=O) groups excluding carboxylic acids is 1. The number of nitrogens with one attached hydrogen (secondary N) is 1. The monoisotopic (exact) mass is 212 g/mol. The predicted molar refractivity (Wildman–Crippen MR) is 63.8 cm³/mol. The van der Waals surface area contributed by atoms with Gasteiger partial charge in [-0.3, -0.25) is 4.79 Å². The van der Waals surface area contributed by atoms with Crippen molar-refractivity contribution in [3.63, 3.8) is 0 Å². The first-order valence-corrected chi connectivity index (χ1v) is 4.77. The van der Waals surface area contributed by atoms with Crippen LogP contribution in [-0.4, -0.2) is 11.3 Å². The molecule has 0 aromatic heterocycles. The number of para-hydroxylation sites is 1. The Balaban J connectivity index is 0.000000364. The average molecular weight is 212 g/mol. The zero-order valence-electron chi connectivity index (χ0n) is 8.40. The van der Waals surface area contributed by atoms with Crippen LogP contribution in [0.4, 0.5) is 10.5 Å². The smallest absolute Gasteiger partial charge is 0.273 e. The first-order chi connectivity index (χ1) is 6.52. The highest BCUT2D eigenvalue weighted by atomic mass is 32.1. The summed E-state index contributed by atoms with van der Waals surface area (Å²) in [6.45, 7) is 4.26. The maximum absolute atomic E-state index is 9.09. The molecule has 14 heavy (non-hydrogen) atoms. The number of hydrogen-bond donors (Lipinski definition) is 3. The van der Waals surface area contributed by atoms with Gasteiger partial charge in [-0.25, -0.2) is 0 Å². The number of benzene rings is 1. The largest absolute Gasteiger partial charge is 0.383 e. The van der Waals surface area contributed by atoms with E-state index in [1.54, 1.807) is 0 Å². The first kappa shape index (κ1) is 12.8. The van der Waals surface area contributed by atoms with E-state index in [9.17, 15) is 0 Å². The van der Waals surface area contributed by atoms with E-state index in [0.29, 0.717) is 6.04 Å². The molecular formula is C10H16N2OS. The van der Waals surface area contributed by atoms with Crippen LogP contribution in [-0.2, 0) is 0 Å². The van der Waals surface area contributed by atoms with Crippen molar-refractivity contribution in [3.8, 4) is 0 Å². The Hall–Kier alpha value is -1.16. The van der Waals surface area contributed by atoms with Crippen molar-refractivity contribution in [3.05, 3.63) is 30.3 Å². The molecule has 78 valence electrons. The van der Waals surface area contributed by atoms with Crippen molar-refractivity contribution < 1.29 is 4.79 Å². The van der Waals surface area contributed by atoms with Crippen LogP contribution >= 0.6 is 12.6 Å². The van der Waals surface area contributed by atoms with Crippen LogP contribution in [0.2, 0.25) is 0 Å². The van der Waals surface area contributed by atoms with Gasteiger partial charge in [0, 0.05) is 11.7 Å². The Morgan fingerprint density at radius 3 is 2.14 bits per heavy atom. The number of carbonyl (C=O) groups is 1. The lowest BCUT2D eigenvalue weighted by Crippen LogP contribution is -2.08. The summed E-state index contributed by atoms with van der Waals surface area (Å²) in [6.07, 6.45) is 0. The van der Waals surface area contributed by atoms with Crippen molar-refractivity contribution in [1.82, 2.24) is 0 Å². The van der Waals surface area contributed by atoms with Gasteiger partial charge in [0.25, 0.3) is 5.24 Å². The van der Waals surface area contributed by atoms with Crippen molar-refractivity contribution >= 4 is 23.6 Å². The van der Waals surface area contributed by atoms with Crippen LogP contribution < -0.4 is 11.1 Å². The van der Waals surface area contributed by atoms with E-state index >= 15 is 0 Å². The highest BCUT2D eigenvalue weighted by molar-refractivity contribution is 7.96. The van der Waals surface area contributed by atoms with Gasteiger partial charge in [-0.1, -0.05) is 30.8 Å². The van der Waals surface area contributed by atoms with Gasteiger partial charge >= 0.3 is 0 Å². The minimum atomic E-state index is -0.639. The van der Waals surface area contributed by atoms with Gasteiger partial charge in [0.05, 0.1) is 0 Å². The van der Waals surface area contributed by atoms with Crippen LogP contribution in [0.5, 0.6) is 0 Å². The molecular weight excluding hydrogens is 196 g/mol. The minimum absolute atomic E-state index is 0.516. The third-order valence-corrected chi connectivity index (χ3v) is 1.23. The van der Waals surface area contributed by atoms with E-state index in [2.05, 4.69) is 49.7 Å². The summed E-state index contributed by atoms with van der Waals surface area (Å²) in [5.41, 5.74) is 5.53. The molecule has 0 heterocycles. The van der Waals surface area contributed by atoms with E-state index < -0.39 is 5.24 Å². The summed E-state index contributed by atoms with van der Waals surface area (Å²) >= 11 is 3.10. The molecule has 4 heteroatoms. The minimum Gasteiger partial charge on any atom is -0.383 e. The molecule has 0 spiro atoms. The SMILES string of the molecule is CC(C)Nc1ccccc1.NC(=O)S. The second-order valence-electron chi connectivity index (χ2n) is 3.00. The summed E-state index contributed by atoms with van der Waals surface area (Å²) in [5, 5.41) is 2.67. The normalized spacial score (nSPS) is 8.86. The van der Waals surface area contributed by atoms with Gasteiger partial charge in [0.15, 0.2) is 0 Å². The summed E-state index contributed by atoms with van der Waals surface area (Å²) in [4.78, 5) is 9.09. The first-order valence-electron chi connectivity index (χ1n) is 4.32. The Labute approximate surface area is 90.1 Å². The van der Waals surface area contributed by atoms with Crippen LogP contribution in [0.25, 0.3) is 0 Å². The summed E-state index contributed by atoms with van der Waals surface area (Å²) < 4.78 is 0. The molecule has 3 N–H and O–H groups in total. The third kappa shape index (κ3) is 8.93. The third-order valence-electron chi connectivity index (χ3n) is 1.23. The van der Waals surface area contributed by atoms with E-state index in [1.807, 2.05) is 18.2 Å². The van der Waals surface area contributed by atoms with Crippen LogP contribution in [0.15, 0.2) is 30.3 Å². The lowest BCUT2D eigenvalue weighted by molar-refractivity contribution is 0.267. The molecule has 0 aliphatic rings. The fourth-order valence-electron chi connectivity index (χ4n) is 0.868. The zero-order chi connectivity index (χ0) is 11.0. The molecule has 0 bridgehead atoms. The van der Waals surface area contributed by atoms with Gasteiger partial charge in [-0.2, -0.15) is 0 Å². The molecule has 1 aromatic carbocycles.